The van der Waals surface area contributed by atoms with E-state index in [1.54, 1.807) is 7.11 Å². The highest BCUT2D eigenvalue weighted by molar-refractivity contribution is 5.83. The van der Waals surface area contributed by atoms with Gasteiger partial charge in [0.15, 0.2) is 0 Å². The number of ether oxygens (including phenoxy) is 1. The molecule has 1 aromatic heterocycles. The predicted octanol–water partition coefficient (Wildman–Crippen LogP) is 2.86. The summed E-state index contributed by atoms with van der Waals surface area (Å²) in [7, 11) is 1.59. The maximum absolute atomic E-state index is 11.7. The Morgan fingerprint density at radius 1 is 1.15 bits per heavy atom. The second kappa shape index (κ2) is 5.35. The SMILES string of the molecule is COCc1[nH]oc(=O)c1Cc1ccc2ccccc2c1. The second-order valence-electron chi connectivity index (χ2n) is 4.74. The summed E-state index contributed by atoms with van der Waals surface area (Å²) < 4.78 is 9.91. The van der Waals surface area contributed by atoms with Crippen molar-refractivity contribution in [3.05, 3.63) is 69.7 Å². The summed E-state index contributed by atoms with van der Waals surface area (Å²) in [4.78, 5) is 11.7. The van der Waals surface area contributed by atoms with Crippen molar-refractivity contribution in [1.82, 2.24) is 5.16 Å². The summed E-state index contributed by atoms with van der Waals surface area (Å²) in [6.45, 7) is 0.342. The molecule has 0 fully saturated rings. The maximum Gasteiger partial charge on any atom is 0.361 e. The molecule has 2 aromatic carbocycles. The van der Waals surface area contributed by atoms with Gasteiger partial charge in [0.25, 0.3) is 0 Å². The van der Waals surface area contributed by atoms with Crippen molar-refractivity contribution in [2.75, 3.05) is 7.11 Å². The molecular formula is C16H15NO3. The number of aromatic amines is 1. The summed E-state index contributed by atoms with van der Waals surface area (Å²) >= 11 is 0. The molecule has 0 aliphatic rings. The molecule has 0 amide bonds. The first-order valence-electron chi connectivity index (χ1n) is 6.44. The fourth-order valence-electron chi connectivity index (χ4n) is 2.35. The summed E-state index contributed by atoms with van der Waals surface area (Å²) in [5, 5.41) is 4.97. The average Bonchev–Trinajstić information content (AvgIpc) is 2.81. The fraction of sp³-hybridized carbons (Fsp3) is 0.188. The lowest BCUT2D eigenvalue weighted by Crippen LogP contribution is -2.05. The van der Waals surface area contributed by atoms with Crippen molar-refractivity contribution < 1.29 is 9.26 Å². The van der Waals surface area contributed by atoms with Crippen LogP contribution in [0.3, 0.4) is 0 Å². The molecule has 0 spiro atoms. The Bertz CT molecular complexity index is 786. The minimum Gasteiger partial charge on any atom is -0.378 e. The Morgan fingerprint density at radius 3 is 2.75 bits per heavy atom. The zero-order valence-corrected chi connectivity index (χ0v) is 11.2. The van der Waals surface area contributed by atoms with E-state index in [2.05, 4.69) is 29.4 Å². The number of aromatic nitrogens is 1. The van der Waals surface area contributed by atoms with Crippen LogP contribution in [-0.2, 0) is 17.8 Å². The van der Waals surface area contributed by atoms with Crippen LogP contribution in [0.4, 0.5) is 0 Å². The Morgan fingerprint density at radius 2 is 1.95 bits per heavy atom. The molecule has 1 N–H and O–H groups in total. The van der Waals surface area contributed by atoms with E-state index in [-0.39, 0.29) is 5.63 Å². The average molecular weight is 269 g/mol. The molecule has 0 unspecified atom stereocenters. The van der Waals surface area contributed by atoms with Gasteiger partial charge in [0, 0.05) is 13.5 Å². The predicted molar refractivity (Wildman–Crippen MR) is 76.8 cm³/mol. The zero-order valence-electron chi connectivity index (χ0n) is 11.2. The van der Waals surface area contributed by atoms with Crippen LogP contribution in [0.25, 0.3) is 10.8 Å². The molecule has 20 heavy (non-hydrogen) atoms. The van der Waals surface area contributed by atoms with E-state index in [1.165, 1.54) is 10.8 Å². The third-order valence-corrected chi connectivity index (χ3v) is 3.36. The Hall–Kier alpha value is -2.33. The van der Waals surface area contributed by atoms with Gasteiger partial charge in [-0.3, -0.25) is 0 Å². The van der Waals surface area contributed by atoms with Gasteiger partial charge in [-0.25, -0.2) is 9.95 Å². The molecule has 0 saturated carbocycles. The largest absolute Gasteiger partial charge is 0.378 e. The number of rotatable bonds is 4. The Kier molecular flexibility index (Phi) is 3.39. The Labute approximate surface area is 116 Å². The van der Waals surface area contributed by atoms with Gasteiger partial charge in [0.1, 0.15) is 0 Å². The first-order valence-corrected chi connectivity index (χ1v) is 6.44. The van der Waals surface area contributed by atoms with Gasteiger partial charge in [-0.05, 0) is 16.3 Å². The number of hydrogen-bond donors (Lipinski definition) is 1. The highest BCUT2D eigenvalue weighted by atomic mass is 16.5. The lowest BCUT2D eigenvalue weighted by atomic mass is 10.0. The van der Waals surface area contributed by atoms with Crippen molar-refractivity contribution in [2.45, 2.75) is 13.0 Å². The van der Waals surface area contributed by atoms with E-state index in [0.717, 1.165) is 5.56 Å². The van der Waals surface area contributed by atoms with Gasteiger partial charge in [0.2, 0.25) is 0 Å². The van der Waals surface area contributed by atoms with Crippen molar-refractivity contribution in [2.24, 2.45) is 0 Å². The number of benzene rings is 2. The molecule has 0 bridgehead atoms. The standard InChI is InChI=1S/C16H15NO3/c1-19-10-15-14(16(18)20-17-15)9-11-6-7-12-4-2-3-5-13(12)8-11/h2-8,17H,9-10H2,1H3. The third kappa shape index (κ3) is 2.38. The molecule has 3 rings (SSSR count). The van der Waals surface area contributed by atoms with Crippen molar-refractivity contribution >= 4 is 10.8 Å². The second-order valence-corrected chi connectivity index (χ2v) is 4.74. The molecule has 4 heteroatoms. The first kappa shape index (κ1) is 12.7. The number of fused-ring (bicyclic) bond motifs is 1. The van der Waals surface area contributed by atoms with Crippen LogP contribution in [0.1, 0.15) is 16.8 Å². The molecule has 0 radical (unpaired) electrons. The van der Waals surface area contributed by atoms with Gasteiger partial charge in [-0.2, -0.15) is 0 Å². The van der Waals surface area contributed by atoms with Gasteiger partial charge >= 0.3 is 5.63 Å². The summed E-state index contributed by atoms with van der Waals surface area (Å²) in [6, 6.07) is 14.3. The lowest BCUT2D eigenvalue weighted by molar-refractivity contribution is 0.176. The zero-order chi connectivity index (χ0) is 13.9. The van der Waals surface area contributed by atoms with Gasteiger partial charge in [0.05, 0.1) is 17.9 Å². The lowest BCUT2D eigenvalue weighted by Gasteiger charge is -2.03. The number of hydrogen-bond acceptors (Lipinski definition) is 3. The van der Waals surface area contributed by atoms with Crippen LogP contribution in [0, 0.1) is 0 Å². The summed E-state index contributed by atoms with van der Waals surface area (Å²) in [5.41, 5.74) is 2.07. The third-order valence-electron chi connectivity index (χ3n) is 3.36. The molecule has 0 aliphatic heterocycles. The smallest absolute Gasteiger partial charge is 0.361 e. The van der Waals surface area contributed by atoms with E-state index < -0.39 is 0 Å². The van der Waals surface area contributed by atoms with E-state index in [4.69, 9.17) is 9.26 Å². The summed E-state index contributed by atoms with van der Waals surface area (Å²) in [5.74, 6) is 0. The highest BCUT2D eigenvalue weighted by Gasteiger charge is 2.12. The number of methoxy groups -OCH3 is 1. The van der Waals surface area contributed by atoms with Crippen molar-refractivity contribution in [3.8, 4) is 0 Å². The molecule has 0 aliphatic carbocycles. The van der Waals surface area contributed by atoms with Crippen LogP contribution < -0.4 is 5.63 Å². The molecule has 1 heterocycles. The molecule has 3 aromatic rings. The van der Waals surface area contributed by atoms with Gasteiger partial charge in [-0.15, -0.1) is 0 Å². The van der Waals surface area contributed by atoms with Gasteiger partial charge in [-0.1, -0.05) is 42.5 Å². The minimum absolute atomic E-state index is 0.329. The van der Waals surface area contributed by atoms with E-state index in [9.17, 15) is 4.79 Å². The fourth-order valence-corrected chi connectivity index (χ4v) is 2.35. The molecule has 0 atom stereocenters. The molecule has 4 nitrogen and oxygen atoms in total. The van der Waals surface area contributed by atoms with Crippen LogP contribution in [0.5, 0.6) is 0 Å². The van der Waals surface area contributed by atoms with Crippen LogP contribution in [0.2, 0.25) is 0 Å². The maximum atomic E-state index is 11.7. The minimum atomic E-state index is -0.329. The first-order chi connectivity index (χ1) is 9.78. The molecular weight excluding hydrogens is 254 g/mol. The Balaban J connectivity index is 1.97. The van der Waals surface area contributed by atoms with Gasteiger partial charge < -0.3 is 9.26 Å². The molecule has 102 valence electrons. The van der Waals surface area contributed by atoms with Crippen molar-refractivity contribution in [1.29, 1.82) is 0 Å². The normalized spacial score (nSPS) is 11.1. The topological polar surface area (TPSA) is 55.2 Å². The monoisotopic (exact) mass is 269 g/mol. The van der Waals surface area contributed by atoms with E-state index in [0.29, 0.717) is 24.3 Å². The van der Waals surface area contributed by atoms with Crippen LogP contribution in [-0.4, -0.2) is 12.3 Å². The number of nitrogens with one attached hydrogen (secondary N) is 1. The van der Waals surface area contributed by atoms with Crippen LogP contribution in [0.15, 0.2) is 51.8 Å². The number of H-pyrrole nitrogens is 1. The quantitative estimate of drug-likeness (QED) is 0.792. The highest BCUT2D eigenvalue weighted by Crippen LogP contribution is 2.18. The summed E-state index contributed by atoms with van der Waals surface area (Å²) in [6.07, 6.45) is 0.537. The van der Waals surface area contributed by atoms with E-state index >= 15 is 0 Å². The van der Waals surface area contributed by atoms with Crippen LogP contribution >= 0.6 is 0 Å². The molecule has 0 saturated heterocycles. The van der Waals surface area contributed by atoms with Crippen molar-refractivity contribution in [3.63, 3.8) is 0 Å². The van der Waals surface area contributed by atoms with E-state index in [1.807, 2.05) is 18.2 Å².